The molecule has 0 amide bonds. The van der Waals surface area contributed by atoms with E-state index in [1.165, 1.54) is 218 Å². The third kappa shape index (κ3) is 11.5. The monoisotopic (exact) mass is 1560 g/mol. The molecule has 2 aromatic heterocycles. The summed E-state index contributed by atoms with van der Waals surface area (Å²) in [6.07, 6.45) is 0. The van der Waals surface area contributed by atoms with Crippen LogP contribution in [0.25, 0.3) is 173 Å². The van der Waals surface area contributed by atoms with E-state index in [-0.39, 0.29) is 0 Å². The van der Waals surface area contributed by atoms with Gasteiger partial charge in [0, 0.05) is 51.5 Å². The molecule has 22 aromatic rings. The summed E-state index contributed by atoms with van der Waals surface area (Å²) in [6, 6.07) is 171. The maximum atomic E-state index is 2.49. The van der Waals surface area contributed by atoms with Crippen molar-refractivity contribution in [1.29, 1.82) is 0 Å². The second-order valence-corrected chi connectivity index (χ2v) is 34.0. The Morgan fingerprint density at radius 3 is 0.825 bits per heavy atom. The molecule has 120 heavy (non-hydrogen) atoms. The first-order valence-corrected chi connectivity index (χ1v) is 43.1. The van der Waals surface area contributed by atoms with Crippen molar-refractivity contribution >= 4 is 84.6 Å². The van der Waals surface area contributed by atoms with Gasteiger partial charge in [-0.1, -0.05) is 400 Å². The molecule has 560 valence electrons. The Hall–Kier alpha value is -14.6. The van der Waals surface area contributed by atoms with Gasteiger partial charge in [-0.05, 0) is 227 Å². The minimum Gasteiger partial charge on any atom is -0.135 e. The van der Waals surface area contributed by atoms with E-state index >= 15 is 0 Å². The summed E-state index contributed by atoms with van der Waals surface area (Å²) >= 11 is 3.81. The lowest BCUT2D eigenvalue weighted by molar-refractivity contribution is 0.769. The zero-order valence-electron chi connectivity index (χ0n) is 65.7. The molecule has 0 nitrogen and oxygen atoms in total. The van der Waals surface area contributed by atoms with Crippen molar-refractivity contribution in [2.45, 2.75) is 10.8 Å². The van der Waals surface area contributed by atoms with Crippen LogP contribution in [0.1, 0.15) is 44.5 Å². The lowest BCUT2D eigenvalue weighted by atomic mass is 9.67. The quantitative estimate of drug-likeness (QED) is 0.114. The van der Waals surface area contributed by atoms with Gasteiger partial charge in [-0.25, -0.2) is 0 Å². The van der Waals surface area contributed by atoms with E-state index in [2.05, 4.69) is 461 Å². The largest absolute Gasteiger partial charge is 0.135 e. The van der Waals surface area contributed by atoms with Gasteiger partial charge in [0.15, 0.2) is 0 Å². The summed E-state index contributed by atoms with van der Waals surface area (Å²) in [5.74, 6) is 0. The summed E-state index contributed by atoms with van der Waals surface area (Å²) in [5.41, 5.74) is 34.4. The van der Waals surface area contributed by atoms with Crippen LogP contribution in [0.3, 0.4) is 0 Å². The molecule has 2 heteroatoms. The Morgan fingerprint density at radius 1 is 0.142 bits per heavy atom. The lowest BCUT2D eigenvalue weighted by Crippen LogP contribution is -2.28. The number of benzene rings is 20. The van der Waals surface area contributed by atoms with Gasteiger partial charge in [-0.3, -0.25) is 0 Å². The molecular weight excluding hydrogens is 1480 g/mol. The summed E-state index contributed by atoms with van der Waals surface area (Å²) < 4.78 is 5.19. The van der Waals surface area contributed by atoms with Crippen LogP contribution < -0.4 is 0 Å². The van der Waals surface area contributed by atoms with Crippen molar-refractivity contribution in [2.75, 3.05) is 0 Å². The number of fused-ring (bicyclic) bond motifs is 14. The minimum absolute atomic E-state index is 0.468. The molecule has 24 rings (SSSR count). The average molecular weight is 1560 g/mol. The van der Waals surface area contributed by atoms with Crippen molar-refractivity contribution in [1.82, 2.24) is 0 Å². The Bertz CT molecular complexity index is 7670. The van der Waals surface area contributed by atoms with Crippen LogP contribution in [-0.2, 0) is 10.8 Å². The third-order valence-corrected chi connectivity index (χ3v) is 28.0. The highest BCUT2D eigenvalue weighted by atomic mass is 32.1. The highest BCUT2D eigenvalue weighted by Gasteiger charge is 2.48. The molecule has 0 radical (unpaired) electrons. The minimum atomic E-state index is -0.484. The van der Waals surface area contributed by atoms with Crippen molar-refractivity contribution < 1.29 is 0 Å². The predicted molar refractivity (Wildman–Crippen MR) is 512 cm³/mol. The zero-order valence-corrected chi connectivity index (χ0v) is 67.3. The molecule has 2 heterocycles. The van der Waals surface area contributed by atoms with E-state index in [9.17, 15) is 0 Å². The van der Waals surface area contributed by atoms with E-state index in [0.717, 1.165) is 0 Å². The van der Waals surface area contributed by atoms with Gasteiger partial charge >= 0.3 is 0 Å². The second kappa shape index (κ2) is 29.2. The maximum Gasteiger partial charge on any atom is 0.0713 e. The van der Waals surface area contributed by atoms with Gasteiger partial charge in [-0.15, -0.1) is 22.7 Å². The molecule has 0 unspecified atom stereocenters. The van der Waals surface area contributed by atoms with E-state index in [1.54, 1.807) is 0 Å². The lowest BCUT2D eigenvalue weighted by Gasteiger charge is -2.34. The van der Waals surface area contributed by atoms with E-state index in [4.69, 9.17) is 0 Å². The van der Waals surface area contributed by atoms with Gasteiger partial charge in [0.05, 0.1) is 10.8 Å². The van der Waals surface area contributed by atoms with Crippen LogP contribution in [-0.4, -0.2) is 0 Å². The summed E-state index contributed by atoms with van der Waals surface area (Å²) in [5, 5.41) is 10.2. The first kappa shape index (κ1) is 70.7. The van der Waals surface area contributed by atoms with E-state index in [1.807, 2.05) is 22.7 Å². The Balaban J connectivity index is 0.000000140. The Morgan fingerprint density at radius 2 is 0.408 bits per heavy atom. The molecule has 2 aliphatic rings. The number of rotatable bonds is 12. The zero-order chi connectivity index (χ0) is 79.2. The van der Waals surface area contributed by atoms with Crippen LogP contribution in [0.15, 0.2) is 461 Å². The summed E-state index contributed by atoms with van der Waals surface area (Å²) in [6.45, 7) is 0. The fourth-order valence-electron chi connectivity index (χ4n) is 20.3. The Kier molecular flexibility index (Phi) is 17.2. The summed E-state index contributed by atoms with van der Waals surface area (Å²) in [7, 11) is 0. The fourth-order valence-corrected chi connectivity index (χ4v) is 22.7. The number of hydrogen-bond donors (Lipinski definition) is 0. The molecule has 0 spiro atoms. The Labute approximate surface area is 706 Å². The van der Waals surface area contributed by atoms with E-state index < -0.39 is 10.8 Å². The number of thiophene rings is 2. The second-order valence-electron chi connectivity index (χ2n) is 31.9. The molecule has 20 aromatic carbocycles. The highest BCUT2D eigenvalue weighted by Crippen LogP contribution is 2.60. The molecule has 0 N–H and O–H groups in total. The predicted octanol–water partition coefficient (Wildman–Crippen LogP) is 32.5. The topological polar surface area (TPSA) is 0 Å². The van der Waals surface area contributed by atoms with Crippen LogP contribution in [0.5, 0.6) is 0 Å². The van der Waals surface area contributed by atoms with Crippen molar-refractivity contribution in [3.05, 3.63) is 506 Å². The smallest absolute Gasteiger partial charge is 0.0713 e. The molecule has 0 fully saturated rings. The van der Waals surface area contributed by atoms with Gasteiger partial charge in [0.1, 0.15) is 0 Å². The molecular formula is C118H76S2. The van der Waals surface area contributed by atoms with Gasteiger partial charge in [-0.2, -0.15) is 0 Å². The van der Waals surface area contributed by atoms with Gasteiger partial charge in [0.2, 0.25) is 0 Å². The molecule has 2 aliphatic carbocycles. The van der Waals surface area contributed by atoms with Gasteiger partial charge in [0.25, 0.3) is 0 Å². The summed E-state index contributed by atoms with van der Waals surface area (Å²) in [4.78, 5) is 0. The third-order valence-electron chi connectivity index (χ3n) is 25.5. The molecule has 0 aliphatic heterocycles. The van der Waals surface area contributed by atoms with Gasteiger partial charge < -0.3 is 0 Å². The van der Waals surface area contributed by atoms with Crippen molar-refractivity contribution in [2.24, 2.45) is 0 Å². The molecule has 0 atom stereocenters. The first-order valence-electron chi connectivity index (χ1n) is 41.5. The molecule has 0 saturated heterocycles. The first-order chi connectivity index (χ1) is 59.5. The van der Waals surface area contributed by atoms with Crippen LogP contribution in [0, 0.1) is 0 Å². The van der Waals surface area contributed by atoms with Crippen LogP contribution in [0.2, 0.25) is 0 Å². The number of hydrogen-bond acceptors (Lipinski definition) is 2. The maximum absolute atomic E-state index is 2.49. The van der Waals surface area contributed by atoms with Crippen LogP contribution in [0.4, 0.5) is 0 Å². The molecule has 0 bridgehead atoms. The van der Waals surface area contributed by atoms with Crippen molar-refractivity contribution in [3.63, 3.8) is 0 Å². The SMILES string of the molecule is c1ccc(-c2ccccc2-c2ccc3sc4c(-c5cccc(C6(c7ccccc7)c7ccccc7-c7ccccc76)c5)cc(-c5ccccc5-c5ccccc5)cc4c3c2)cc1.c1ccc(C2(c3cccc(-c4cc(-c5cccc6ccccc56)cc5c4sc4ccc(-c6cccc7ccccc67)cc45)c3)c3ccccc3-c3ccccc32)cc1. The normalized spacial score (nSPS) is 12.8. The highest BCUT2D eigenvalue weighted by molar-refractivity contribution is 7.26. The van der Waals surface area contributed by atoms with Crippen LogP contribution >= 0.6 is 22.7 Å². The standard InChI is InChI=1S/C61H40S.C57H36S/c1-4-19-41(20-5-1)48-27-10-12-29-50(48)44-35-36-59-55(38-44)56-40-45(51-30-13-11-28-49(51)42-21-6-2-7-22-42)39-54(60(56)62-59)43-23-18-26-47(37-43)61(46-24-8-3-9-25-46)57-33-16-14-31-52(57)53-32-15-17-34-58(53)61;1-2-20-42(21-3-1)57(53-29-10-8-25-48(53)49-26-9-11-30-54(49)57)43-22-12-19-39(33-43)50-35-41(47-28-14-18-38-16-5-7-24-45(38)47)36-52-51-34-40(31-32-55(51)58-56(50)52)46-27-13-17-37-15-4-6-23-44(37)46/h1-40H;1-36H. The average Bonchev–Trinajstić information content (AvgIpc) is 1.54. The van der Waals surface area contributed by atoms with E-state index in [0.29, 0.717) is 0 Å². The van der Waals surface area contributed by atoms with Crippen molar-refractivity contribution in [3.8, 4) is 111 Å². The molecule has 0 saturated carbocycles. The fraction of sp³-hybridized carbons (Fsp3) is 0.0169.